The van der Waals surface area contributed by atoms with Gasteiger partial charge in [-0.15, -0.1) is 0 Å². The second-order valence-electron chi connectivity index (χ2n) is 13.3. The summed E-state index contributed by atoms with van der Waals surface area (Å²) in [6, 6.07) is 2.17. The minimum atomic E-state index is -0.829. The number of hydrogen-bond acceptors (Lipinski definition) is 3. The van der Waals surface area contributed by atoms with E-state index in [1.165, 1.54) is 44.9 Å². The van der Waals surface area contributed by atoms with Crippen LogP contribution in [0.25, 0.3) is 0 Å². The summed E-state index contributed by atoms with van der Waals surface area (Å²) in [6.07, 6.45) is 14.3. The SMILES string of the molecule is C[C@H]1CC[C@H]2C(CC[C@@H]3C2CC[C@@]2(C)C3[C@H](C)[C@@H](C)C[C@@H]2[C@@](C)(O)Cn2cc(C#N)cn2)C1. The molecule has 1 heterocycles. The second-order valence-corrected chi connectivity index (χ2v) is 13.3. The molecule has 0 saturated heterocycles. The lowest BCUT2D eigenvalue weighted by Crippen LogP contribution is -2.61. The van der Waals surface area contributed by atoms with Gasteiger partial charge in [0, 0.05) is 6.20 Å². The first-order valence-electron chi connectivity index (χ1n) is 13.8. The predicted octanol–water partition coefficient (Wildman–Crippen LogP) is 6.29. The van der Waals surface area contributed by atoms with E-state index in [4.69, 9.17) is 0 Å². The summed E-state index contributed by atoms with van der Waals surface area (Å²) in [5, 5.41) is 25.5. The van der Waals surface area contributed by atoms with E-state index in [2.05, 4.69) is 38.9 Å². The lowest BCUT2D eigenvalue weighted by Gasteiger charge is -2.65. The molecule has 4 aliphatic rings. The highest BCUT2D eigenvalue weighted by Crippen LogP contribution is 2.66. The molecular formula is C29H45N3O. The van der Waals surface area contributed by atoms with Crippen molar-refractivity contribution in [2.45, 2.75) is 98.1 Å². The molecular weight excluding hydrogens is 406 g/mol. The Morgan fingerprint density at radius 1 is 1.12 bits per heavy atom. The molecule has 3 unspecified atom stereocenters. The van der Waals surface area contributed by atoms with E-state index in [1.807, 2.05) is 6.92 Å². The van der Waals surface area contributed by atoms with Crippen molar-refractivity contribution in [3.8, 4) is 6.07 Å². The Hall–Kier alpha value is -1.34. The van der Waals surface area contributed by atoms with Crippen LogP contribution in [-0.2, 0) is 6.54 Å². The van der Waals surface area contributed by atoms with Gasteiger partial charge in [-0.3, -0.25) is 4.68 Å². The van der Waals surface area contributed by atoms with Gasteiger partial charge in [0.25, 0.3) is 0 Å². The lowest BCUT2D eigenvalue weighted by atomic mass is 9.40. The minimum absolute atomic E-state index is 0.177. The summed E-state index contributed by atoms with van der Waals surface area (Å²) in [5.74, 6) is 6.95. The zero-order chi connectivity index (χ0) is 23.5. The first-order valence-corrected chi connectivity index (χ1v) is 13.8. The Balaban J connectivity index is 1.43. The van der Waals surface area contributed by atoms with Crippen LogP contribution < -0.4 is 0 Å². The van der Waals surface area contributed by atoms with Crippen LogP contribution in [0.4, 0.5) is 0 Å². The van der Waals surface area contributed by atoms with Crippen LogP contribution in [0.2, 0.25) is 0 Å². The van der Waals surface area contributed by atoms with Crippen LogP contribution in [0.1, 0.15) is 91.5 Å². The van der Waals surface area contributed by atoms with Gasteiger partial charge in [0.05, 0.1) is 23.9 Å². The van der Waals surface area contributed by atoms with Crippen molar-refractivity contribution in [1.82, 2.24) is 9.78 Å². The molecule has 11 atom stereocenters. The van der Waals surface area contributed by atoms with Gasteiger partial charge in [0.2, 0.25) is 0 Å². The van der Waals surface area contributed by atoms with Crippen molar-refractivity contribution < 1.29 is 5.11 Å². The number of rotatable bonds is 3. The molecule has 4 saturated carbocycles. The molecule has 4 aliphatic carbocycles. The Labute approximate surface area is 201 Å². The molecule has 1 aromatic rings. The van der Waals surface area contributed by atoms with Crippen molar-refractivity contribution >= 4 is 0 Å². The van der Waals surface area contributed by atoms with E-state index in [0.717, 1.165) is 41.9 Å². The highest BCUT2D eigenvalue weighted by molar-refractivity contribution is 5.21. The van der Waals surface area contributed by atoms with Gasteiger partial charge in [-0.1, -0.05) is 34.1 Å². The molecule has 0 radical (unpaired) electrons. The van der Waals surface area contributed by atoms with Crippen LogP contribution in [0.5, 0.6) is 0 Å². The lowest BCUT2D eigenvalue weighted by molar-refractivity contribution is -0.192. The van der Waals surface area contributed by atoms with Gasteiger partial charge in [0.1, 0.15) is 6.07 Å². The maximum Gasteiger partial charge on any atom is 0.102 e. The Morgan fingerprint density at radius 2 is 1.88 bits per heavy atom. The highest BCUT2D eigenvalue weighted by atomic mass is 16.3. The van der Waals surface area contributed by atoms with E-state index in [1.54, 1.807) is 17.1 Å². The maximum atomic E-state index is 12.0. The van der Waals surface area contributed by atoms with Gasteiger partial charge in [0.15, 0.2) is 0 Å². The summed E-state index contributed by atoms with van der Waals surface area (Å²) < 4.78 is 1.79. The number of aromatic nitrogens is 2. The molecule has 0 bridgehead atoms. The Kier molecular flexibility index (Phi) is 5.96. The van der Waals surface area contributed by atoms with E-state index in [9.17, 15) is 10.4 Å². The van der Waals surface area contributed by atoms with Crippen molar-refractivity contribution in [2.75, 3.05) is 0 Å². The van der Waals surface area contributed by atoms with Crippen molar-refractivity contribution in [2.24, 2.45) is 58.7 Å². The number of aliphatic hydroxyl groups is 1. The molecule has 1 N–H and O–H groups in total. The summed E-state index contributed by atoms with van der Waals surface area (Å²) in [6.45, 7) is 12.5. The van der Waals surface area contributed by atoms with E-state index in [0.29, 0.717) is 23.9 Å². The van der Waals surface area contributed by atoms with Gasteiger partial charge < -0.3 is 5.11 Å². The molecule has 33 heavy (non-hydrogen) atoms. The predicted molar refractivity (Wildman–Crippen MR) is 131 cm³/mol. The summed E-state index contributed by atoms with van der Waals surface area (Å²) in [5.41, 5.74) is -0.0827. The molecule has 4 heteroatoms. The van der Waals surface area contributed by atoms with Crippen molar-refractivity contribution in [3.05, 3.63) is 18.0 Å². The first kappa shape index (κ1) is 23.4. The Bertz CT molecular complexity index is 899. The molecule has 0 aromatic carbocycles. The average Bonchev–Trinajstić information content (AvgIpc) is 3.22. The first-order chi connectivity index (χ1) is 15.6. The summed E-state index contributed by atoms with van der Waals surface area (Å²) in [7, 11) is 0. The van der Waals surface area contributed by atoms with Gasteiger partial charge in [-0.25, -0.2) is 0 Å². The number of hydrogen-bond donors (Lipinski definition) is 1. The third-order valence-electron chi connectivity index (χ3n) is 11.4. The third-order valence-corrected chi connectivity index (χ3v) is 11.4. The van der Waals surface area contributed by atoms with Crippen molar-refractivity contribution in [1.29, 1.82) is 5.26 Å². The minimum Gasteiger partial charge on any atom is -0.388 e. The van der Waals surface area contributed by atoms with E-state index in [-0.39, 0.29) is 11.3 Å². The molecule has 0 amide bonds. The van der Waals surface area contributed by atoms with Gasteiger partial charge in [-0.05, 0) is 111 Å². The number of nitriles is 1. The van der Waals surface area contributed by atoms with E-state index < -0.39 is 5.60 Å². The van der Waals surface area contributed by atoms with Crippen LogP contribution >= 0.6 is 0 Å². The van der Waals surface area contributed by atoms with Gasteiger partial charge in [-0.2, -0.15) is 10.4 Å². The highest BCUT2D eigenvalue weighted by Gasteiger charge is 2.61. The zero-order valence-electron chi connectivity index (χ0n) is 21.5. The van der Waals surface area contributed by atoms with Gasteiger partial charge >= 0.3 is 0 Å². The standard InChI is InChI=1S/C29H45N3O/c1-18-6-8-23-22(12-18)7-9-25-24(23)10-11-28(4)26(13-19(2)20(3)27(25)28)29(5,33)17-32-16-21(14-30)15-31-32/h15-16,18-20,22-27,33H,6-13,17H2,1-5H3/t18-,19-,20+,22?,23-,24?,25+,26-,27?,28+,29-/m0/s1. The fourth-order valence-corrected chi connectivity index (χ4v) is 9.88. The number of fused-ring (bicyclic) bond motifs is 5. The van der Waals surface area contributed by atoms with E-state index >= 15 is 0 Å². The zero-order valence-corrected chi connectivity index (χ0v) is 21.5. The third kappa shape index (κ3) is 3.87. The van der Waals surface area contributed by atoms with Crippen LogP contribution in [0.3, 0.4) is 0 Å². The average molecular weight is 452 g/mol. The fraction of sp³-hybridized carbons (Fsp3) is 0.862. The largest absolute Gasteiger partial charge is 0.388 e. The molecule has 5 rings (SSSR count). The summed E-state index contributed by atoms with van der Waals surface area (Å²) in [4.78, 5) is 0. The quantitative estimate of drug-likeness (QED) is 0.587. The van der Waals surface area contributed by atoms with Crippen LogP contribution in [-0.4, -0.2) is 20.5 Å². The molecule has 182 valence electrons. The molecule has 0 aliphatic heterocycles. The molecule has 4 nitrogen and oxygen atoms in total. The van der Waals surface area contributed by atoms with Crippen molar-refractivity contribution in [3.63, 3.8) is 0 Å². The van der Waals surface area contributed by atoms with Crippen LogP contribution in [0, 0.1) is 70.0 Å². The monoisotopic (exact) mass is 451 g/mol. The smallest absolute Gasteiger partial charge is 0.102 e. The fourth-order valence-electron chi connectivity index (χ4n) is 9.88. The molecule has 0 spiro atoms. The second kappa shape index (κ2) is 8.40. The molecule has 1 aromatic heterocycles. The summed E-state index contributed by atoms with van der Waals surface area (Å²) >= 11 is 0. The Morgan fingerprint density at radius 3 is 2.61 bits per heavy atom. The molecule has 4 fully saturated rings. The number of nitrogens with zero attached hydrogens (tertiary/aromatic N) is 3. The topological polar surface area (TPSA) is 61.8 Å². The van der Waals surface area contributed by atoms with Crippen LogP contribution in [0.15, 0.2) is 12.4 Å². The normalized spacial score (nSPS) is 46.9. The maximum absolute atomic E-state index is 12.0.